The van der Waals surface area contributed by atoms with Gasteiger partial charge in [0.15, 0.2) is 5.75 Å². The molecular formula is C23H42O3P+. The van der Waals surface area contributed by atoms with Gasteiger partial charge in [-0.15, -0.1) is 0 Å². The summed E-state index contributed by atoms with van der Waals surface area (Å²) in [5, 5.41) is 0. The zero-order valence-electron chi connectivity index (χ0n) is 18.3. The standard InChI is InChI=1S/C23H42O3P/c1-6-7-8-9-10-11-12-13-14-15-18-27(24,25)26-22-17-16-20(2)19-21(22)23(3,4)5/h16-17,19,24-25H,6-15,18H2,1-5H3/q+1. The van der Waals surface area contributed by atoms with E-state index in [4.69, 9.17) is 4.52 Å². The number of benzene rings is 1. The lowest BCUT2D eigenvalue weighted by Gasteiger charge is -2.23. The van der Waals surface area contributed by atoms with Crippen molar-refractivity contribution in [3.63, 3.8) is 0 Å². The molecule has 0 aromatic heterocycles. The Morgan fingerprint density at radius 3 is 1.89 bits per heavy atom. The predicted molar refractivity (Wildman–Crippen MR) is 119 cm³/mol. The van der Waals surface area contributed by atoms with E-state index in [2.05, 4.69) is 33.8 Å². The lowest BCUT2D eigenvalue weighted by molar-refractivity contribution is 0.332. The second kappa shape index (κ2) is 12.0. The van der Waals surface area contributed by atoms with E-state index in [1.807, 2.05) is 19.1 Å². The van der Waals surface area contributed by atoms with Gasteiger partial charge in [0.1, 0.15) is 6.16 Å². The molecule has 0 bridgehead atoms. The molecule has 0 aliphatic rings. The highest BCUT2D eigenvalue weighted by Gasteiger charge is 2.38. The summed E-state index contributed by atoms with van der Waals surface area (Å²) in [4.78, 5) is 20.8. The van der Waals surface area contributed by atoms with Crippen molar-refractivity contribution < 1.29 is 14.3 Å². The van der Waals surface area contributed by atoms with Gasteiger partial charge in [-0.2, -0.15) is 9.79 Å². The van der Waals surface area contributed by atoms with Crippen LogP contribution in [0.3, 0.4) is 0 Å². The van der Waals surface area contributed by atoms with Crippen LogP contribution < -0.4 is 4.52 Å². The molecule has 0 aliphatic carbocycles. The fourth-order valence-corrected chi connectivity index (χ4v) is 4.52. The molecule has 4 heteroatoms. The Balaban J connectivity index is 2.34. The van der Waals surface area contributed by atoms with Gasteiger partial charge in [-0.05, 0) is 31.2 Å². The third-order valence-corrected chi connectivity index (χ3v) is 6.38. The second-order valence-corrected chi connectivity index (χ2v) is 10.9. The van der Waals surface area contributed by atoms with Crippen molar-refractivity contribution in [3.8, 4) is 5.75 Å². The monoisotopic (exact) mass is 397 g/mol. The van der Waals surface area contributed by atoms with Crippen LogP contribution in [0.25, 0.3) is 0 Å². The molecule has 0 aliphatic heterocycles. The van der Waals surface area contributed by atoms with Crippen molar-refractivity contribution in [3.05, 3.63) is 29.3 Å². The van der Waals surface area contributed by atoms with Crippen molar-refractivity contribution in [1.82, 2.24) is 0 Å². The number of rotatable bonds is 13. The zero-order chi connectivity index (χ0) is 20.3. The number of unbranched alkanes of at least 4 members (excludes halogenated alkanes) is 9. The summed E-state index contributed by atoms with van der Waals surface area (Å²) in [7, 11) is -3.35. The van der Waals surface area contributed by atoms with Gasteiger partial charge >= 0.3 is 7.94 Å². The van der Waals surface area contributed by atoms with Crippen LogP contribution in [0.5, 0.6) is 5.75 Å². The third kappa shape index (κ3) is 10.5. The van der Waals surface area contributed by atoms with Crippen molar-refractivity contribution >= 4 is 7.94 Å². The van der Waals surface area contributed by atoms with Crippen molar-refractivity contribution in [1.29, 1.82) is 0 Å². The Morgan fingerprint density at radius 2 is 1.37 bits per heavy atom. The molecule has 0 unspecified atom stereocenters. The van der Waals surface area contributed by atoms with Crippen LogP contribution in [0.1, 0.15) is 103 Å². The van der Waals surface area contributed by atoms with Crippen LogP contribution in [0.2, 0.25) is 0 Å². The molecule has 0 atom stereocenters. The summed E-state index contributed by atoms with van der Waals surface area (Å²) in [6, 6.07) is 5.91. The first-order valence-electron chi connectivity index (χ1n) is 10.8. The lowest BCUT2D eigenvalue weighted by atomic mass is 9.85. The van der Waals surface area contributed by atoms with Crippen LogP contribution in [-0.2, 0) is 5.41 Å². The van der Waals surface area contributed by atoms with Gasteiger partial charge in [0.2, 0.25) is 0 Å². The van der Waals surface area contributed by atoms with Gasteiger partial charge in [0.25, 0.3) is 0 Å². The minimum Gasteiger partial charge on any atom is -0.287 e. The molecule has 0 radical (unpaired) electrons. The van der Waals surface area contributed by atoms with Gasteiger partial charge in [0.05, 0.1) is 0 Å². The van der Waals surface area contributed by atoms with E-state index in [0.29, 0.717) is 11.9 Å². The number of aryl methyl sites for hydroxylation is 1. The number of hydrogen-bond acceptors (Lipinski definition) is 3. The van der Waals surface area contributed by atoms with Crippen LogP contribution in [0.15, 0.2) is 18.2 Å². The smallest absolute Gasteiger partial charge is 0.287 e. The van der Waals surface area contributed by atoms with Crippen LogP contribution >= 0.6 is 7.94 Å². The largest absolute Gasteiger partial charge is 0.451 e. The predicted octanol–water partition coefficient (Wildman–Crippen LogP) is 7.34. The van der Waals surface area contributed by atoms with Gasteiger partial charge in [-0.1, -0.05) is 96.8 Å². The number of hydrogen-bond donors (Lipinski definition) is 2. The van der Waals surface area contributed by atoms with Gasteiger partial charge < -0.3 is 0 Å². The molecule has 0 saturated heterocycles. The maximum atomic E-state index is 10.4. The van der Waals surface area contributed by atoms with Crippen molar-refractivity contribution in [2.24, 2.45) is 0 Å². The topological polar surface area (TPSA) is 49.7 Å². The first kappa shape index (κ1) is 24.4. The Labute approximate surface area is 168 Å². The molecule has 0 spiro atoms. The minimum atomic E-state index is -3.35. The van der Waals surface area contributed by atoms with Crippen molar-refractivity contribution in [2.75, 3.05) is 6.16 Å². The quantitative estimate of drug-likeness (QED) is 0.270. The van der Waals surface area contributed by atoms with Crippen LogP contribution in [0.4, 0.5) is 0 Å². The summed E-state index contributed by atoms with van der Waals surface area (Å²) in [5.41, 5.74) is 2.08. The molecule has 156 valence electrons. The molecule has 1 rings (SSSR count). The molecule has 2 N–H and O–H groups in total. The molecule has 1 aromatic carbocycles. The molecule has 1 aromatic rings. The Morgan fingerprint density at radius 1 is 0.852 bits per heavy atom. The summed E-state index contributed by atoms with van der Waals surface area (Å²) >= 11 is 0. The SMILES string of the molecule is CCCCCCCCCCCC[P+](O)(O)Oc1ccc(C)cc1C(C)(C)C. The van der Waals surface area contributed by atoms with Crippen LogP contribution in [-0.4, -0.2) is 15.9 Å². The van der Waals surface area contributed by atoms with Gasteiger partial charge in [-0.3, -0.25) is 4.52 Å². The van der Waals surface area contributed by atoms with E-state index in [9.17, 15) is 9.79 Å². The molecule has 0 saturated carbocycles. The Bertz CT molecular complexity index is 535. The first-order valence-corrected chi connectivity index (χ1v) is 12.6. The highest BCUT2D eigenvalue weighted by atomic mass is 31.2. The van der Waals surface area contributed by atoms with E-state index < -0.39 is 7.94 Å². The maximum Gasteiger partial charge on any atom is 0.451 e. The van der Waals surface area contributed by atoms with Crippen molar-refractivity contribution in [2.45, 2.75) is 104 Å². The van der Waals surface area contributed by atoms with E-state index in [1.54, 1.807) is 0 Å². The van der Waals surface area contributed by atoms with Gasteiger partial charge in [0, 0.05) is 5.56 Å². The fraction of sp³-hybridized carbons (Fsp3) is 0.739. The molecule has 3 nitrogen and oxygen atoms in total. The first-order chi connectivity index (χ1) is 12.7. The molecule has 0 amide bonds. The Hall–Kier alpha value is -0.630. The highest BCUT2D eigenvalue weighted by Crippen LogP contribution is 2.53. The lowest BCUT2D eigenvalue weighted by Crippen LogP contribution is -2.15. The normalized spacial score (nSPS) is 12.4. The maximum absolute atomic E-state index is 10.4. The molecular weight excluding hydrogens is 355 g/mol. The third-order valence-electron chi connectivity index (χ3n) is 4.99. The summed E-state index contributed by atoms with van der Waals surface area (Å²) in [6.07, 6.45) is 12.6. The van der Waals surface area contributed by atoms with E-state index in [1.165, 1.54) is 51.4 Å². The average molecular weight is 398 g/mol. The highest BCUT2D eigenvalue weighted by molar-refractivity contribution is 7.60. The molecule has 27 heavy (non-hydrogen) atoms. The van der Waals surface area contributed by atoms with E-state index in [0.717, 1.165) is 24.0 Å². The van der Waals surface area contributed by atoms with E-state index >= 15 is 0 Å². The minimum absolute atomic E-state index is 0.0987. The fourth-order valence-electron chi connectivity index (χ4n) is 3.32. The zero-order valence-corrected chi connectivity index (χ0v) is 19.2. The Kier molecular flexibility index (Phi) is 10.9. The molecule has 0 fully saturated rings. The van der Waals surface area contributed by atoms with E-state index in [-0.39, 0.29) is 5.41 Å². The van der Waals surface area contributed by atoms with Gasteiger partial charge in [-0.25, -0.2) is 0 Å². The average Bonchev–Trinajstić information content (AvgIpc) is 2.57. The summed E-state index contributed by atoms with van der Waals surface area (Å²) in [5.74, 6) is 0.610. The molecule has 0 heterocycles. The summed E-state index contributed by atoms with van der Waals surface area (Å²) < 4.78 is 5.72. The summed E-state index contributed by atoms with van der Waals surface area (Å²) in [6.45, 7) is 10.6. The van der Waals surface area contributed by atoms with Crippen LogP contribution in [0, 0.1) is 6.92 Å². The second-order valence-electron chi connectivity index (χ2n) is 8.91.